The molecule has 0 fully saturated rings. The van der Waals surface area contributed by atoms with Crippen LogP contribution in [0.4, 0.5) is 4.39 Å². The predicted molar refractivity (Wildman–Crippen MR) is 96.5 cm³/mol. The first-order valence-corrected chi connectivity index (χ1v) is 7.55. The van der Waals surface area contributed by atoms with Crippen molar-refractivity contribution >= 4 is 17.4 Å². The lowest BCUT2D eigenvalue weighted by Gasteiger charge is -2.08. The molecule has 0 saturated carbocycles. The zero-order valence-electron chi connectivity index (χ0n) is 14.0. The molecule has 0 heterocycles. The number of carboxylic acids is 1. The SMILES string of the molecule is C=C(/C=C(\N=C(C)C)c1ccc(Oc2ccc(F)cc2)cc1)C(=O)O. The van der Waals surface area contributed by atoms with Gasteiger partial charge in [0.05, 0.1) is 11.3 Å². The molecular weight excluding hydrogens is 321 g/mol. The summed E-state index contributed by atoms with van der Waals surface area (Å²) in [6, 6.07) is 12.7. The molecule has 25 heavy (non-hydrogen) atoms. The first-order valence-electron chi connectivity index (χ1n) is 7.55. The summed E-state index contributed by atoms with van der Waals surface area (Å²) < 4.78 is 18.5. The minimum atomic E-state index is -1.10. The molecule has 0 aliphatic rings. The smallest absolute Gasteiger partial charge is 0.335 e. The zero-order chi connectivity index (χ0) is 18.4. The van der Waals surface area contributed by atoms with Gasteiger partial charge in [-0.3, -0.25) is 4.99 Å². The summed E-state index contributed by atoms with van der Waals surface area (Å²) in [6.45, 7) is 7.15. The third-order valence-electron chi connectivity index (χ3n) is 3.13. The number of aliphatic imine (C=N–C) groups is 1. The van der Waals surface area contributed by atoms with Crippen molar-refractivity contribution in [1.82, 2.24) is 0 Å². The van der Waals surface area contributed by atoms with Crippen molar-refractivity contribution in [1.29, 1.82) is 0 Å². The summed E-state index contributed by atoms with van der Waals surface area (Å²) in [5.41, 5.74) is 1.97. The van der Waals surface area contributed by atoms with Gasteiger partial charge in [0.15, 0.2) is 0 Å². The van der Waals surface area contributed by atoms with Gasteiger partial charge in [-0.25, -0.2) is 9.18 Å². The van der Waals surface area contributed by atoms with Crippen LogP contribution in [0.25, 0.3) is 5.70 Å². The fourth-order valence-electron chi connectivity index (χ4n) is 1.98. The van der Waals surface area contributed by atoms with Crippen molar-refractivity contribution in [2.75, 3.05) is 0 Å². The van der Waals surface area contributed by atoms with Gasteiger partial charge in [-0.05, 0) is 68.5 Å². The third kappa shape index (κ3) is 5.42. The van der Waals surface area contributed by atoms with Gasteiger partial charge in [0.25, 0.3) is 0 Å². The van der Waals surface area contributed by atoms with Crippen LogP contribution in [0.3, 0.4) is 0 Å². The maximum Gasteiger partial charge on any atom is 0.335 e. The fraction of sp³-hybridized carbons (Fsp3) is 0.100. The van der Waals surface area contributed by atoms with Crippen LogP contribution in [0, 0.1) is 5.82 Å². The average molecular weight is 339 g/mol. The zero-order valence-corrected chi connectivity index (χ0v) is 14.0. The van der Waals surface area contributed by atoms with Gasteiger partial charge in [-0.2, -0.15) is 0 Å². The van der Waals surface area contributed by atoms with Gasteiger partial charge in [0.1, 0.15) is 17.3 Å². The molecule has 2 rings (SSSR count). The largest absolute Gasteiger partial charge is 0.478 e. The molecule has 0 aromatic heterocycles. The molecular formula is C20H18FNO3. The number of ether oxygens (including phenoxy) is 1. The number of carbonyl (C=O) groups is 1. The maximum absolute atomic E-state index is 12.9. The number of rotatable bonds is 6. The summed E-state index contributed by atoms with van der Waals surface area (Å²) in [4.78, 5) is 15.4. The Morgan fingerprint density at radius 2 is 1.60 bits per heavy atom. The minimum Gasteiger partial charge on any atom is -0.478 e. The molecule has 5 heteroatoms. The monoisotopic (exact) mass is 339 g/mol. The summed E-state index contributed by atoms with van der Waals surface area (Å²) in [5.74, 6) is -0.336. The molecule has 2 aromatic carbocycles. The quantitative estimate of drug-likeness (QED) is 0.453. The molecule has 0 bridgehead atoms. The van der Waals surface area contributed by atoms with Gasteiger partial charge >= 0.3 is 5.97 Å². The summed E-state index contributed by atoms with van der Waals surface area (Å²) in [5, 5.41) is 9.00. The normalized spacial score (nSPS) is 10.9. The van der Waals surface area contributed by atoms with Gasteiger partial charge in [0, 0.05) is 11.3 Å². The number of carboxylic acid groups (broad SMARTS) is 1. The van der Waals surface area contributed by atoms with Gasteiger partial charge in [0.2, 0.25) is 0 Å². The van der Waals surface area contributed by atoms with Crippen LogP contribution >= 0.6 is 0 Å². The Bertz CT molecular complexity index is 830. The molecule has 4 nitrogen and oxygen atoms in total. The van der Waals surface area contributed by atoms with Crippen LogP contribution in [0.2, 0.25) is 0 Å². The maximum atomic E-state index is 12.9. The summed E-state index contributed by atoms with van der Waals surface area (Å²) in [6.07, 6.45) is 1.42. The van der Waals surface area contributed by atoms with E-state index in [2.05, 4.69) is 11.6 Å². The molecule has 0 aliphatic heterocycles. The van der Waals surface area contributed by atoms with Crippen molar-refractivity contribution in [3.8, 4) is 11.5 Å². The van der Waals surface area contributed by atoms with Crippen molar-refractivity contribution in [2.24, 2.45) is 4.99 Å². The Morgan fingerprint density at radius 3 is 2.08 bits per heavy atom. The van der Waals surface area contributed by atoms with E-state index in [9.17, 15) is 9.18 Å². The number of aliphatic carboxylic acids is 1. The topological polar surface area (TPSA) is 58.9 Å². The molecule has 0 aliphatic carbocycles. The van der Waals surface area contributed by atoms with E-state index in [1.165, 1.54) is 30.3 Å². The molecule has 0 spiro atoms. The predicted octanol–water partition coefficient (Wildman–Crippen LogP) is 5.08. The van der Waals surface area contributed by atoms with Crippen LogP contribution in [0.1, 0.15) is 19.4 Å². The van der Waals surface area contributed by atoms with Crippen molar-refractivity contribution < 1.29 is 19.0 Å². The average Bonchev–Trinajstić information content (AvgIpc) is 2.56. The van der Waals surface area contributed by atoms with Crippen LogP contribution in [0.15, 0.2) is 71.8 Å². The fourth-order valence-corrected chi connectivity index (χ4v) is 1.98. The molecule has 2 aromatic rings. The molecule has 1 N–H and O–H groups in total. The number of halogens is 1. The lowest BCUT2D eigenvalue weighted by Crippen LogP contribution is -1.97. The van der Waals surface area contributed by atoms with Crippen LogP contribution in [-0.4, -0.2) is 16.8 Å². The van der Waals surface area contributed by atoms with E-state index in [1.807, 2.05) is 13.8 Å². The lowest BCUT2D eigenvalue weighted by atomic mass is 10.1. The van der Waals surface area contributed by atoms with E-state index in [4.69, 9.17) is 9.84 Å². The van der Waals surface area contributed by atoms with Crippen LogP contribution < -0.4 is 4.74 Å². The standard InChI is InChI=1S/C20H18FNO3/c1-13(2)22-19(12-14(3)20(23)24)15-4-8-17(9-5-15)25-18-10-6-16(21)7-11-18/h4-12H,3H2,1-2H3,(H,23,24)/b19-12-. The Hall–Kier alpha value is -3.21. The second-order valence-electron chi connectivity index (χ2n) is 5.50. The number of hydrogen-bond donors (Lipinski definition) is 1. The highest BCUT2D eigenvalue weighted by Gasteiger charge is 2.07. The van der Waals surface area contributed by atoms with E-state index in [0.717, 1.165) is 11.3 Å². The van der Waals surface area contributed by atoms with Crippen molar-refractivity contribution in [3.05, 3.63) is 78.1 Å². The Morgan fingerprint density at radius 1 is 1.08 bits per heavy atom. The molecule has 0 unspecified atom stereocenters. The van der Waals surface area contributed by atoms with E-state index >= 15 is 0 Å². The molecule has 0 amide bonds. The van der Waals surface area contributed by atoms with Crippen molar-refractivity contribution in [3.63, 3.8) is 0 Å². The first kappa shape index (κ1) is 18.1. The molecule has 0 atom stereocenters. The number of benzene rings is 2. The number of nitrogens with zero attached hydrogens (tertiary/aromatic N) is 1. The Labute approximate surface area is 145 Å². The number of hydrogen-bond acceptors (Lipinski definition) is 3. The van der Waals surface area contributed by atoms with E-state index in [-0.39, 0.29) is 11.4 Å². The van der Waals surface area contributed by atoms with Gasteiger partial charge in [-0.15, -0.1) is 0 Å². The first-order chi connectivity index (χ1) is 11.8. The van der Waals surface area contributed by atoms with E-state index in [1.54, 1.807) is 24.3 Å². The lowest BCUT2D eigenvalue weighted by molar-refractivity contribution is -0.132. The van der Waals surface area contributed by atoms with Gasteiger partial charge < -0.3 is 9.84 Å². The second kappa shape index (κ2) is 8.06. The Kier molecular flexibility index (Phi) is 5.84. The highest BCUT2D eigenvalue weighted by molar-refractivity contribution is 5.93. The third-order valence-corrected chi connectivity index (χ3v) is 3.13. The van der Waals surface area contributed by atoms with Crippen molar-refractivity contribution in [2.45, 2.75) is 13.8 Å². The minimum absolute atomic E-state index is 0.0494. The van der Waals surface area contributed by atoms with Gasteiger partial charge in [-0.1, -0.05) is 6.58 Å². The van der Waals surface area contributed by atoms with E-state index < -0.39 is 5.97 Å². The molecule has 0 saturated heterocycles. The highest BCUT2D eigenvalue weighted by atomic mass is 19.1. The highest BCUT2D eigenvalue weighted by Crippen LogP contribution is 2.25. The van der Waals surface area contributed by atoms with Crippen LogP contribution in [0.5, 0.6) is 11.5 Å². The molecule has 0 radical (unpaired) electrons. The molecule has 128 valence electrons. The van der Waals surface area contributed by atoms with Crippen LogP contribution in [-0.2, 0) is 4.79 Å². The Balaban J connectivity index is 2.25. The summed E-state index contributed by atoms with van der Waals surface area (Å²) in [7, 11) is 0. The summed E-state index contributed by atoms with van der Waals surface area (Å²) >= 11 is 0. The second-order valence-corrected chi connectivity index (χ2v) is 5.50. The van der Waals surface area contributed by atoms with E-state index in [0.29, 0.717) is 17.2 Å².